The summed E-state index contributed by atoms with van der Waals surface area (Å²) in [4.78, 5) is 11.9. The van der Waals surface area contributed by atoms with Crippen molar-refractivity contribution in [3.63, 3.8) is 0 Å². The molecule has 0 saturated heterocycles. The lowest BCUT2D eigenvalue weighted by Gasteiger charge is -2.04. The standard InChI is InChI=1S/C15H12O6/c16-9-6-13(20)15(14(21)7-9)11(18)4-2-8-1-3-10(17)12(19)5-8/h1-7,16-17,19-21H. The molecule has 21 heavy (non-hydrogen) atoms. The minimum absolute atomic E-state index is 0.285. The minimum Gasteiger partial charge on any atom is -0.508 e. The van der Waals surface area contributed by atoms with Gasteiger partial charge in [-0.3, -0.25) is 4.79 Å². The van der Waals surface area contributed by atoms with Gasteiger partial charge in [-0.2, -0.15) is 0 Å². The largest absolute Gasteiger partial charge is 0.508 e. The van der Waals surface area contributed by atoms with Crippen LogP contribution in [0.2, 0.25) is 0 Å². The van der Waals surface area contributed by atoms with Crippen molar-refractivity contribution in [2.45, 2.75) is 0 Å². The van der Waals surface area contributed by atoms with Gasteiger partial charge >= 0.3 is 0 Å². The lowest BCUT2D eigenvalue weighted by atomic mass is 10.1. The molecule has 2 rings (SSSR count). The van der Waals surface area contributed by atoms with Crippen molar-refractivity contribution in [2.24, 2.45) is 0 Å². The zero-order valence-electron chi connectivity index (χ0n) is 10.7. The van der Waals surface area contributed by atoms with Gasteiger partial charge in [-0.25, -0.2) is 0 Å². The third-order valence-corrected chi connectivity index (χ3v) is 2.75. The molecule has 0 aliphatic heterocycles. The summed E-state index contributed by atoms with van der Waals surface area (Å²) in [6.45, 7) is 0. The molecule has 108 valence electrons. The molecule has 0 spiro atoms. The Balaban J connectivity index is 2.29. The van der Waals surface area contributed by atoms with E-state index in [0.29, 0.717) is 5.56 Å². The fourth-order valence-corrected chi connectivity index (χ4v) is 1.75. The Kier molecular flexibility index (Phi) is 3.71. The van der Waals surface area contributed by atoms with Crippen LogP contribution in [0.3, 0.4) is 0 Å². The zero-order chi connectivity index (χ0) is 15.6. The van der Waals surface area contributed by atoms with Gasteiger partial charge in [0.2, 0.25) is 0 Å². The highest BCUT2D eigenvalue weighted by atomic mass is 16.3. The van der Waals surface area contributed by atoms with E-state index in [1.807, 2.05) is 0 Å². The molecule has 0 aliphatic rings. The summed E-state index contributed by atoms with van der Waals surface area (Å²) in [6.07, 6.45) is 2.42. The van der Waals surface area contributed by atoms with Crippen molar-refractivity contribution in [2.75, 3.05) is 0 Å². The van der Waals surface area contributed by atoms with Crippen LogP contribution in [0.1, 0.15) is 15.9 Å². The van der Waals surface area contributed by atoms with E-state index in [1.165, 1.54) is 24.3 Å². The van der Waals surface area contributed by atoms with Gasteiger partial charge in [0, 0.05) is 12.1 Å². The monoisotopic (exact) mass is 288 g/mol. The summed E-state index contributed by atoms with van der Waals surface area (Å²) >= 11 is 0. The molecule has 5 N–H and O–H groups in total. The van der Waals surface area contributed by atoms with E-state index in [2.05, 4.69) is 0 Å². The third-order valence-electron chi connectivity index (χ3n) is 2.75. The highest BCUT2D eigenvalue weighted by Gasteiger charge is 2.15. The maximum absolute atomic E-state index is 11.9. The summed E-state index contributed by atoms with van der Waals surface area (Å²) < 4.78 is 0. The Morgan fingerprint density at radius 2 is 1.43 bits per heavy atom. The molecule has 0 aliphatic carbocycles. The molecule has 6 nitrogen and oxygen atoms in total. The number of phenolic OH excluding ortho intramolecular Hbond substituents is 5. The second-order valence-corrected chi connectivity index (χ2v) is 4.30. The topological polar surface area (TPSA) is 118 Å². The number of carbonyl (C=O) groups excluding carboxylic acids is 1. The average Bonchev–Trinajstić information content (AvgIpc) is 2.39. The van der Waals surface area contributed by atoms with E-state index in [-0.39, 0.29) is 22.8 Å². The highest BCUT2D eigenvalue weighted by Crippen LogP contribution is 2.32. The van der Waals surface area contributed by atoms with Gasteiger partial charge < -0.3 is 25.5 Å². The molecule has 0 radical (unpaired) electrons. The van der Waals surface area contributed by atoms with E-state index in [0.717, 1.165) is 18.2 Å². The second-order valence-electron chi connectivity index (χ2n) is 4.30. The average molecular weight is 288 g/mol. The van der Waals surface area contributed by atoms with Crippen LogP contribution in [-0.4, -0.2) is 31.3 Å². The number of ketones is 1. The van der Waals surface area contributed by atoms with Crippen molar-refractivity contribution in [3.05, 3.63) is 47.5 Å². The van der Waals surface area contributed by atoms with Crippen molar-refractivity contribution >= 4 is 11.9 Å². The first-order chi connectivity index (χ1) is 9.88. The van der Waals surface area contributed by atoms with E-state index in [9.17, 15) is 20.1 Å². The fraction of sp³-hybridized carbons (Fsp3) is 0. The molecule has 0 bridgehead atoms. The summed E-state index contributed by atoms with van der Waals surface area (Å²) in [5.41, 5.74) is 0.100. The van der Waals surface area contributed by atoms with Gasteiger partial charge in [0.25, 0.3) is 0 Å². The molecule has 2 aromatic rings. The molecule has 0 heterocycles. The van der Waals surface area contributed by atoms with Crippen LogP contribution in [0.25, 0.3) is 6.08 Å². The first-order valence-corrected chi connectivity index (χ1v) is 5.88. The molecule has 0 atom stereocenters. The van der Waals surface area contributed by atoms with Crippen LogP contribution >= 0.6 is 0 Å². The predicted molar refractivity (Wildman–Crippen MR) is 74.6 cm³/mol. The van der Waals surface area contributed by atoms with Crippen LogP contribution < -0.4 is 0 Å². The number of hydrogen-bond donors (Lipinski definition) is 5. The van der Waals surface area contributed by atoms with Crippen molar-refractivity contribution in [3.8, 4) is 28.7 Å². The fourth-order valence-electron chi connectivity index (χ4n) is 1.75. The highest BCUT2D eigenvalue weighted by molar-refractivity contribution is 6.10. The number of allylic oxidation sites excluding steroid dienone is 1. The van der Waals surface area contributed by atoms with Gasteiger partial charge in [0.1, 0.15) is 22.8 Å². The summed E-state index contributed by atoms with van der Waals surface area (Å²) in [6, 6.07) is 5.85. The summed E-state index contributed by atoms with van der Waals surface area (Å²) in [7, 11) is 0. The van der Waals surface area contributed by atoms with Gasteiger partial charge in [-0.05, 0) is 23.8 Å². The van der Waals surface area contributed by atoms with Gasteiger partial charge in [0.15, 0.2) is 17.3 Å². The number of rotatable bonds is 3. The van der Waals surface area contributed by atoms with Gasteiger partial charge in [-0.1, -0.05) is 12.1 Å². The SMILES string of the molecule is O=C(C=Cc1ccc(O)c(O)c1)c1c(O)cc(O)cc1O. The van der Waals surface area contributed by atoms with E-state index >= 15 is 0 Å². The third kappa shape index (κ3) is 3.06. The number of carbonyl (C=O) groups is 1. The molecule has 0 aromatic heterocycles. The molecular formula is C15H12O6. The van der Waals surface area contributed by atoms with E-state index in [1.54, 1.807) is 0 Å². The van der Waals surface area contributed by atoms with Gasteiger partial charge in [-0.15, -0.1) is 0 Å². The number of phenols is 5. The Morgan fingerprint density at radius 3 is 2.00 bits per heavy atom. The van der Waals surface area contributed by atoms with E-state index in [4.69, 9.17) is 10.2 Å². The quantitative estimate of drug-likeness (QED) is 0.335. The van der Waals surface area contributed by atoms with Crippen LogP contribution in [-0.2, 0) is 0 Å². The Hall–Kier alpha value is -3.15. The first kappa shape index (κ1) is 14.3. The predicted octanol–water partition coefficient (Wildman–Crippen LogP) is 2.11. The lowest BCUT2D eigenvalue weighted by molar-refractivity contribution is 0.104. The van der Waals surface area contributed by atoms with Crippen molar-refractivity contribution < 1.29 is 30.3 Å². The molecule has 0 amide bonds. The molecule has 0 saturated carbocycles. The van der Waals surface area contributed by atoms with Crippen molar-refractivity contribution in [1.82, 2.24) is 0 Å². The normalized spacial score (nSPS) is 10.9. The summed E-state index contributed by atoms with van der Waals surface area (Å²) in [5.74, 6) is -2.76. The molecule has 6 heteroatoms. The van der Waals surface area contributed by atoms with Crippen LogP contribution in [0.4, 0.5) is 0 Å². The number of hydrogen-bond acceptors (Lipinski definition) is 6. The maximum atomic E-state index is 11.9. The molecule has 0 fully saturated rings. The second kappa shape index (κ2) is 5.46. The first-order valence-electron chi connectivity index (χ1n) is 5.88. The van der Waals surface area contributed by atoms with Crippen LogP contribution in [0.5, 0.6) is 28.7 Å². The van der Waals surface area contributed by atoms with Crippen LogP contribution in [0.15, 0.2) is 36.4 Å². The maximum Gasteiger partial charge on any atom is 0.193 e. The van der Waals surface area contributed by atoms with E-state index < -0.39 is 17.3 Å². The Bertz CT molecular complexity index is 710. The molecular weight excluding hydrogens is 276 g/mol. The zero-order valence-corrected chi connectivity index (χ0v) is 10.7. The molecule has 2 aromatic carbocycles. The number of benzene rings is 2. The van der Waals surface area contributed by atoms with Crippen molar-refractivity contribution in [1.29, 1.82) is 0 Å². The number of aromatic hydroxyl groups is 5. The minimum atomic E-state index is -0.683. The lowest BCUT2D eigenvalue weighted by Crippen LogP contribution is -1.95. The van der Waals surface area contributed by atoms with Gasteiger partial charge in [0.05, 0.1) is 0 Å². The molecule has 0 unspecified atom stereocenters. The smallest absolute Gasteiger partial charge is 0.193 e. The summed E-state index contributed by atoms with van der Waals surface area (Å²) in [5, 5.41) is 46.8. The Morgan fingerprint density at radius 1 is 0.810 bits per heavy atom. The Labute approximate surface area is 119 Å². The van der Waals surface area contributed by atoms with Crippen LogP contribution in [0, 0.1) is 0 Å².